The van der Waals surface area contributed by atoms with Gasteiger partial charge in [-0.2, -0.15) is 0 Å². The van der Waals surface area contributed by atoms with E-state index in [0.29, 0.717) is 10.9 Å². The Morgan fingerprint density at radius 3 is 2.78 bits per heavy atom. The molecular weight excluding hydrogens is 368 g/mol. The molecule has 3 N–H and O–H groups in total. The molecule has 0 saturated carbocycles. The topological polar surface area (TPSA) is 94.3 Å². The van der Waals surface area contributed by atoms with Crippen molar-refractivity contribution in [2.45, 2.75) is 31.3 Å². The molecule has 1 aromatic carbocycles. The van der Waals surface area contributed by atoms with Crippen LogP contribution in [0.1, 0.15) is 29.6 Å². The molecule has 2 atom stereocenters. The van der Waals surface area contributed by atoms with Crippen LogP contribution in [0.4, 0.5) is 0 Å². The number of halogens is 1. The van der Waals surface area contributed by atoms with Crippen LogP contribution in [0.25, 0.3) is 10.9 Å². The third-order valence-corrected chi connectivity index (χ3v) is 5.38. The molecule has 7 nitrogen and oxygen atoms in total. The quantitative estimate of drug-likeness (QED) is 0.729. The Labute approximate surface area is 162 Å². The maximum atomic E-state index is 12.6. The molecule has 27 heavy (non-hydrogen) atoms. The fraction of sp³-hybridized carbons (Fsp3) is 0.421. The Hall–Kier alpha value is -2.38. The zero-order valence-electron chi connectivity index (χ0n) is 14.9. The highest BCUT2D eigenvalue weighted by Crippen LogP contribution is 2.27. The molecule has 2 fully saturated rings. The number of pyridine rings is 1. The van der Waals surface area contributed by atoms with Gasteiger partial charge in [0.2, 0.25) is 11.3 Å². The number of hydrogen-bond acceptors (Lipinski definition) is 4. The minimum Gasteiger partial charge on any atom is -0.360 e. The maximum absolute atomic E-state index is 12.6. The molecule has 1 aromatic heterocycles. The van der Waals surface area contributed by atoms with Gasteiger partial charge in [-0.3, -0.25) is 14.4 Å². The highest BCUT2D eigenvalue weighted by molar-refractivity contribution is 5.98. The third-order valence-electron chi connectivity index (χ3n) is 5.38. The van der Waals surface area contributed by atoms with Gasteiger partial charge >= 0.3 is 0 Å². The first kappa shape index (κ1) is 19.4. The zero-order chi connectivity index (χ0) is 18.1. The molecule has 2 amide bonds. The third kappa shape index (κ3) is 3.70. The first-order chi connectivity index (χ1) is 12.6. The molecule has 8 heteroatoms. The molecule has 0 radical (unpaired) electrons. The van der Waals surface area contributed by atoms with Crippen molar-refractivity contribution in [1.82, 2.24) is 20.5 Å². The van der Waals surface area contributed by atoms with Crippen LogP contribution in [-0.2, 0) is 4.79 Å². The molecule has 0 aliphatic carbocycles. The first-order valence-corrected chi connectivity index (χ1v) is 9.05. The fourth-order valence-electron chi connectivity index (χ4n) is 4.07. The number of rotatable bonds is 3. The number of nitrogens with zero attached hydrogens (tertiary/aromatic N) is 1. The van der Waals surface area contributed by atoms with E-state index in [1.54, 1.807) is 18.2 Å². The fourth-order valence-corrected chi connectivity index (χ4v) is 4.07. The van der Waals surface area contributed by atoms with Gasteiger partial charge in [0.15, 0.2) is 0 Å². The van der Waals surface area contributed by atoms with Crippen LogP contribution in [0.5, 0.6) is 0 Å². The number of hydrogen-bond donors (Lipinski definition) is 3. The number of aromatic amines is 1. The molecule has 0 spiro atoms. The Kier molecular flexibility index (Phi) is 5.82. The minimum atomic E-state index is -0.523. The smallest absolute Gasteiger partial charge is 0.257 e. The summed E-state index contributed by atoms with van der Waals surface area (Å²) in [7, 11) is 0. The summed E-state index contributed by atoms with van der Waals surface area (Å²) in [6.45, 7) is 1.64. The number of para-hydroxylation sites is 1. The lowest BCUT2D eigenvalue weighted by Gasteiger charge is -2.28. The van der Waals surface area contributed by atoms with E-state index >= 15 is 0 Å². The van der Waals surface area contributed by atoms with Gasteiger partial charge in [0.05, 0.1) is 6.54 Å². The molecule has 4 rings (SSSR count). The lowest BCUT2D eigenvalue weighted by atomic mass is 10.1. The molecule has 2 unspecified atom stereocenters. The number of fused-ring (bicyclic) bond motifs is 3. The maximum Gasteiger partial charge on any atom is 0.257 e. The summed E-state index contributed by atoms with van der Waals surface area (Å²) in [6.07, 6.45) is 4.38. The SMILES string of the molecule is Cl.O=C(NCC(=O)N1C2CCNCC1CC2)c1c[nH]c2ccccc2c1=O. The van der Waals surface area contributed by atoms with Gasteiger partial charge in [-0.1, -0.05) is 12.1 Å². The number of benzene rings is 1. The zero-order valence-corrected chi connectivity index (χ0v) is 15.7. The normalized spacial score (nSPS) is 21.4. The van der Waals surface area contributed by atoms with Crippen molar-refractivity contribution in [3.8, 4) is 0 Å². The van der Waals surface area contributed by atoms with Crippen molar-refractivity contribution in [3.63, 3.8) is 0 Å². The van der Waals surface area contributed by atoms with Crippen molar-refractivity contribution >= 4 is 35.1 Å². The van der Waals surface area contributed by atoms with Crippen LogP contribution in [0, 0.1) is 0 Å². The largest absolute Gasteiger partial charge is 0.360 e. The number of H-pyrrole nitrogens is 1. The predicted octanol–water partition coefficient (Wildman–Crippen LogP) is 1.03. The standard InChI is InChI=1S/C19H22N4O3.ClH/c24-17(23-12-5-6-13(23)9-20-8-7-12)11-22-19(26)15-10-21-16-4-2-1-3-14(16)18(15)25;/h1-4,10,12-13,20H,5-9,11H2,(H,21,25)(H,22,26);1H. The molecular formula is C19H23ClN4O3. The molecule has 2 aliphatic heterocycles. The van der Waals surface area contributed by atoms with Gasteiger partial charge in [0, 0.05) is 35.7 Å². The van der Waals surface area contributed by atoms with E-state index in [-0.39, 0.29) is 47.9 Å². The molecule has 2 aliphatic rings. The van der Waals surface area contributed by atoms with Crippen LogP contribution in [0.3, 0.4) is 0 Å². The van der Waals surface area contributed by atoms with E-state index in [4.69, 9.17) is 0 Å². The van der Waals surface area contributed by atoms with Gasteiger partial charge in [0.1, 0.15) is 5.56 Å². The second-order valence-corrected chi connectivity index (χ2v) is 6.94. The Morgan fingerprint density at radius 1 is 1.15 bits per heavy atom. The average Bonchev–Trinajstić information content (AvgIpc) is 2.92. The summed E-state index contributed by atoms with van der Waals surface area (Å²) in [5.74, 6) is -0.600. The second-order valence-electron chi connectivity index (χ2n) is 6.94. The van der Waals surface area contributed by atoms with Crippen molar-refractivity contribution < 1.29 is 9.59 Å². The monoisotopic (exact) mass is 390 g/mol. The summed E-state index contributed by atoms with van der Waals surface area (Å²) >= 11 is 0. The van der Waals surface area contributed by atoms with E-state index in [0.717, 1.165) is 32.4 Å². The molecule has 2 aromatic rings. The lowest BCUT2D eigenvalue weighted by molar-refractivity contribution is -0.132. The molecule has 3 heterocycles. The number of nitrogens with one attached hydrogen (secondary N) is 3. The number of carbonyl (C=O) groups excluding carboxylic acids is 2. The van der Waals surface area contributed by atoms with Crippen LogP contribution < -0.4 is 16.1 Å². The van der Waals surface area contributed by atoms with E-state index in [1.807, 2.05) is 11.0 Å². The van der Waals surface area contributed by atoms with Gasteiger partial charge in [-0.25, -0.2) is 0 Å². The minimum absolute atomic E-state index is 0. The van der Waals surface area contributed by atoms with Crippen LogP contribution in [0.15, 0.2) is 35.3 Å². The van der Waals surface area contributed by atoms with Gasteiger partial charge in [-0.05, 0) is 37.9 Å². The van der Waals surface area contributed by atoms with Crippen LogP contribution in [-0.4, -0.2) is 53.4 Å². The van der Waals surface area contributed by atoms with E-state index in [1.165, 1.54) is 6.20 Å². The Balaban J connectivity index is 0.00000210. The molecule has 2 bridgehead atoms. The number of aromatic nitrogens is 1. The summed E-state index contributed by atoms with van der Waals surface area (Å²) in [5, 5.41) is 6.43. The van der Waals surface area contributed by atoms with Crippen LogP contribution in [0.2, 0.25) is 0 Å². The summed E-state index contributed by atoms with van der Waals surface area (Å²) < 4.78 is 0. The highest BCUT2D eigenvalue weighted by Gasteiger charge is 2.37. The first-order valence-electron chi connectivity index (χ1n) is 9.05. The van der Waals surface area contributed by atoms with Crippen molar-refractivity contribution in [3.05, 3.63) is 46.2 Å². The van der Waals surface area contributed by atoms with Gasteiger partial charge in [0.25, 0.3) is 5.91 Å². The summed E-state index contributed by atoms with van der Waals surface area (Å²) in [4.78, 5) is 42.4. The molecule has 2 saturated heterocycles. The van der Waals surface area contributed by atoms with Crippen molar-refractivity contribution in [2.75, 3.05) is 19.6 Å². The average molecular weight is 391 g/mol. The van der Waals surface area contributed by atoms with Crippen molar-refractivity contribution in [1.29, 1.82) is 0 Å². The molecule has 144 valence electrons. The Morgan fingerprint density at radius 2 is 1.93 bits per heavy atom. The number of carbonyl (C=O) groups is 2. The van der Waals surface area contributed by atoms with E-state index < -0.39 is 5.91 Å². The van der Waals surface area contributed by atoms with Crippen molar-refractivity contribution in [2.24, 2.45) is 0 Å². The summed E-state index contributed by atoms with van der Waals surface area (Å²) in [5.41, 5.74) is 0.374. The van der Waals surface area contributed by atoms with Crippen LogP contribution >= 0.6 is 12.4 Å². The van der Waals surface area contributed by atoms with Gasteiger partial charge in [-0.15, -0.1) is 12.4 Å². The number of amides is 2. The highest BCUT2D eigenvalue weighted by atomic mass is 35.5. The predicted molar refractivity (Wildman–Crippen MR) is 105 cm³/mol. The summed E-state index contributed by atoms with van der Waals surface area (Å²) in [6, 6.07) is 7.50. The van der Waals surface area contributed by atoms with Gasteiger partial charge < -0.3 is 20.5 Å². The Bertz CT molecular complexity index is 899. The second kappa shape index (κ2) is 8.10. The van der Waals surface area contributed by atoms with E-state index in [9.17, 15) is 14.4 Å². The lowest BCUT2D eigenvalue weighted by Crippen LogP contribution is -2.47. The van der Waals surface area contributed by atoms with E-state index in [2.05, 4.69) is 15.6 Å².